The van der Waals surface area contributed by atoms with E-state index in [9.17, 15) is 5.11 Å². The SMILES string of the molecule is CC(C)(O)Cc1nc(-c2cccc(Br)c2)cs1. The van der Waals surface area contributed by atoms with Crippen molar-refractivity contribution in [1.29, 1.82) is 0 Å². The van der Waals surface area contributed by atoms with Gasteiger partial charge < -0.3 is 5.11 Å². The number of hydrogen-bond acceptors (Lipinski definition) is 3. The van der Waals surface area contributed by atoms with Crippen molar-refractivity contribution in [1.82, 2.24) is 4.98 Å². The summed E-state index contributed by atoms with van der Waals surface area (Å²) in [6.07, 6.45) is 0.589. The first-order valence-electron chi connectivity index (χ1n) is 5.37. The lowest BCUT2D eigenvalue weighted by atomic mass is 10.1. The van der Waals surface area contributed by atoms with Gasteiger partial charge >= 0.3 is 0 Å². The van der Waals surface area contributed by atoms with Crippen molar-refractivity contribution in [2.45, 2.75) is 25.9 Å². The van der Waals surface area contributed by atoms with Crippen molar-refractivity contribution in [2.75, 3.05) is 0 Å². The zero-order valence-corrected chi connectivity index (χ0v) is 12.2. The Bertz CT molecular complexity index is 516. The molecule has 90 valence electrons. The van der Waals surface area contributed by atoms with E-state index in [1.807, 2.05) is 29.6 Å². The molecule has 4 heteroatoms. The van der Waals surface area contributed by atoms with E-state index in [2.05, 4.69) is 20.9 Å². The molecule has 0 unspecified atom stereocenters. The first-order chi connectivity index (χ1) is 7.94. The summed E-state index contributed by atoms with van der Waals surface area (Å²) in [5.74, 6) is 0. The number of halogens is 1. The molecule has 0 aliphatic heterocycles. The Morgan fingerprint density at radius 2 is 2.18 bits per heavy atom. The van der Waals surface area contributed by atoms with Gasteiger partial charge in [-0.05, 0) is 26.0 Å². The van der Waals surface area contributed by atoms with Crippen LogP contribution in [-0.2, 0) is 6.42 Å². The summed E-state index contributed by atoms with van der Waals surface area (Å²) < 4.78 is 1.05. The Morgan fingerprint density at radius 1 is 1.41 bits per heavy atom. The van der Waals surface area contributed by atoms with Crippen molar-refractivity contribution in [3.05, 3.63) is 39.1 Å². The van der Waals surface area contributed by atoms with E-state index >= 15 is 0 Å². The van der Waals surface area contributed by atoms with E-state index in [-0.39, 0.29) is 0 Å². The fourth-order valence-corrected chi connectivity index (χ4v) is 2.97. The van der Waals surface area contributed by atoms with E-state index in [1.165, 1.54) is 0 Å². The minimum atomic E-state index is -0.702. The van der Waals surface area contributed by atoms with Gasteiger partial charge in [0.25, 0.3) is 0 Å². The number of aliphatic hydroxyl groups is 1. The number of benzene rings is 1. The van der Waals surface area contributed by atoms with Crippen LogP contribution in [0.25, 0.3) is 11.3 Å². The molecule has 0 radical (unpaired) electrons. The second kappa shape index (κ2) is 4.88. The highest BCUT2D eigenvalue weighted by atomic mass is 79.9. The monoisotopic (exact) mass is 311 g/mol. The lowest BCUT2D eigenvalue weighted by Gasteiger charge is -2.14. The van der Waals surface area contributed by atoms with E-state index in [1.54, 1.807) is 25.2 Å². The maximum Gasteiger partial charge on any atom is 0.0961 e. The summed E-state index contributed by atoms with van der Waals surface area (Å²) in [5.41, 5.74) is 1.36. The Hall–Kier alpha value is -0.710. The molecule has 1 N–H and O–H groups in total. The van der Waals surface area contributed by atoms with Crippen molar-refractivity contribution in [3.8, 4) is 11.3 Å². The van der Waals surface area contributed by atoms with Crippen molar-refractivity contribution >= 4 is 27.3 Å². The van der Waals surface area contributed by atoms with Crippen LogP contribution in [0.3, 0.4) is 0 Å². The van der Waals surface area contributed by atoms with E-state index < -0.39 is 5.60 Å². The third-order valence-corrected chi connectivity index (χ3v) is 3.60. The molecule has 0 atom stereocenters. The number of rotatable bonds is 3. The molecule has 0 saturated heterocycles. The second-order valence-corrected chi connectivity index (χ2v) is 6.48. The first-order valence-corrected chi connectivity index (χ1v) is 7.04. The number of hydrogen-bond donors (Lipinski definition) is 1. The van der Waals surface area contributed by atoms with Crippen LogP contribution in [0.15, 0.2) is 34.1 Å². The fourth-order valence-electron chi connectivity index (χ4n) is 1.54. The summed E-state index contributed by atoms with van der Waals surface area (Å²) in [6, 6.07) is 8.07. The summed E-state index contributed by atoms with van der Waals surface area (Å²) in [7, 11) is 0. The van der Waals surface area contributed by atoms with Crippen molar-refractivity contribution < 1.29 is 5.11 Å². The Kier molecular flexibility index (Phi) is 3.66. The second-order valence-electron chi connectivity index (χ2n) is 4.63. The van der Waals surface area contributed by atoms with E-state index in [0.717, 1.165) is 20.7 Å². The average Bonchev–Trinajstić information content (AvgIpc) is 2.63. The molecule has 0 amide bonds. The zero-order valence-electron chi connectivity index (χ0n) is 9.77. The Labute approximate surface area is 113 Å². The third-order valence-electron chi connectivity index (χ3n) is 2.26. The van der Waals surface area contributed by atoms with Crippen LogP contribution in [0, 0.1) is 0 Å². The molecule has 17 heavy (non-hydrogen) atoms. The lowest BCUT2D eigenvalue weighted by molar-refractivity contribution is 0.0809. The van der Waals surface area contributed by atoms with Gasteiger partial charge in [0, 0.05) is 21.8 Å². The minimum Gasteiger partial charge on any atom is -0.390 e. The molecule has 0 aliphatic carbocycles. The Balaban J connectivity index is 2.24. The molecule has 0 bridgehead atoms. The Morgan fingerprint density at radius 3 is 2.82 bits per heavy atom. The molecular formula is C13H14BrNOS. The summed E-state index contributed by atoms with van der Waals surface area (Å²) in [5, 5.41) is 12.8. The van der Waals surface area contributed by atoms with Gasteiger partial charge in [0.15, 0.2) is 0 Å². The van der Waals surface area contributed by atoms with Crippen LogP contribution >= 0.6 is 27.3 Å². The molecule has 0 saturated carbocycles. The highest BCUT2D eigenvalue weighted by molar-refractivity contribution is 9.10. The molecule has 0 fully saturated rings. The summed E-state index contributed by atoms with van der Waals surface area (Å²) >= 11 is 5.04. The largest absolute Gasteiger partial charge is 0.390 e. The van der Waals surface area contributed by atoms with Crippen LogP contribution < -0.4 is 0 Å². The topological polar surface area (TPSA) is 33.1 Å². The predicted octanol–water partition coefficient (Wildman–Crippen LogP) is 3.89. The minimum absolute atomic E-state index is 0.589. The third kappa shape index (κ3) is 3.63. The van der Waals surface area contributed by atoms with Gasteiger partial charge in [-0.25, -0.2) is 4.98 Å². The van der Waals surface area contributed by atoms with Crippen LogP contribution in [-0.4, -0.2) is 15.7 Å². The highest BCUT2D eigenvalue weighted by Crippen LogP contribution is 2.26. The lowest BCUT2D eigenvalue weighted by Crippen LogP contribution is -2.21. The maximum absolute atomic E-state index is 9.75. The van der Waals surface area contributed by atoms with E-state index in [4.69, 9.17) is 0 Å². The quantitative estimate of drug-likeness (QED) is 0.933. The van der Waals surface area contributed by atoms with Crippen molar-refractivity contribution in [2.24, 2.45) is 0 Å². The smallest absolute Gasteiger partial charge is 0.0961 e. The molecule has 2 rings (SSSR count). The predicted molar refractivity (Wildman–Crippen MR) is 75.3 cm³/mol. The number of thiazole rings is 1. The molecule has 1 aromatic carbocycles. The van der Waals surface area contributed by atoms with Crippen molar-refractivity contribution in [3.63, 3.8) is 0 Å². The molecule has 0 spiro atoms. The molecule has 2 nitrogen and oxygen atoms in total. The fraction of sp³-hybridized carbons (Fsp3) is 0.308. The van der Waals surface area contributed by atoms with Gasteiger partial charge in [0.05, 0.1) is 16.3 Å². The van der Waals surface area contributed by atoms with Crippen LogP contribution in [0.1, 0.15) is 18.9 Å². The van der Waals surface area contributed by atoms with Gasteiger partial charge in [-0.15, -0.1) is 11.3 Å². The normalized spacial score (nSPS) is 11.8. The standard InChI is InChI=1S/C13H14BrNOS/c1-13(2,16)7-12-15-11(8-17-12)9-4-3-5-10(14)6-9/h3-6,8,16H,7H2,1-2H3. The molecular weight excluding hydrogens is 298 g/mol. The average molecular weight is 312 g/mol. The molecule has 1 heterocycles. The van der Waals surface area contributed by atoms with E-state index in [0.29, 0.717) is 6.42 Å². The van der Waals surface area contributed by atoms with Crippen LogP contribution in [0.5, 0.6) is 0 Å². The maximum atomic E-state index is 9.75. The van der Waals surface area contributed by atoms with Crippen LogP contribution in [0.4, 0.5) is 0 Å². The van der Waals surface area contributed by atoms with Gasteiger partial charge in [-0.1, -0.05) is 28.1 Å². The zero-order chi connectivity index (χ0) is 12.5. The van der Waals surface area contributed by atoms with Gasteiger partial charge in [-0.2, -0.15) is 0 Å². The summed E-state index contributed by atoms with van der Waals surface area (Å²) in [4.78, 5) is 4.54. The number of nitrogens with zero attached hydrogens (tertiary/aromatic N) is 1. The molecule has 0 aliphatic rings. The van der Waals surface area contributed by atoms with Gasteiger partial charge in [-0.3, -0.25) is 0 Å². The number of aromatic nitrogens is 1. The summed E-state index contributed by atoms with van der Waals surface area (Å²) in [6.45, 7) is 3.60. The first kappa shape index (κ1) is 12.7. The van der Waals surface area contributed by atoms with Crippen LogP contribution in [0.2, 0.25) is 0 Å². The van der Waals surface area contributed by atoms with Gasteiger partial charge in [0.1, 0.15) is 0 Å². The molecule has 2 aromatic rings. The van der Waals surface area contributed by atoms with Gasteiger partial charge in [0.2, 0.25) is 0 Å². The highest BCUT2D eigenvalue weighted by Gasteiger charge is 2.16. The molecule has 1 aromatic heterocycles.